The predicted molar refractivity (Wildman–Crippen MR) is 142 cm³/mol. The Balaban J connectivity index is 1.56. The van der Waals surface area contributed by atoms with Crippen LogP contribution in [0.5, 0.6) is 5.75 Å². The topological polar surface area (TPSA) is 114 Å². The number of carbonyl (C=O) groups is 3. The zero-order valence-electron chi connectivity index (χ0n) is 22.3. The van der Waals surface area contributed by atoms with Crippen LogP contribution in [0, 0.1) is 12.8 Å². The van der Waals surface area contributed by atoms with Crippen molar-refractivity contribution in [2.75, 3.05) is 18.1 Å². The highest BCUT2D eigenvalue weighted by Gasteiger charge is 2.42. The Morgan fingerprint density at radius 3 is 2.56 bits per heavy atom. The summed E-state index contributed by atoms with van der Waals surface area (Å²) in [7, 11) is 0. The fraction of sp³-hybridized carbons (Fsp3) is 0.345. The molecule has 3 aromatic rings. The number of aromatic nitrogens is 1. The van der Waals surface area contributed by atoms with Crippen LogP contribution in [-0.4, -0.2) is 54.0 Å². The van der Waals surface area contributed by atoms with Gasteiger partial charge in [0.15, 0.2) is 0 Å². The maximum atomic E-state index is 13.8. The third-order valence-corrected chi connectivity index (χ3v) is 7.22. The van der Waals surface area contributed by atoms with Gasteiger partial charge < -0.3 is 19.5 Å². The number of hydrogen-bond acceptors (Lipinski definition) is 7. The molecule has 5 rings (SSSR count). The molecule has 0 unspecified atom stereocenters. The minimum absolute atomic E-state index is 0.181. The first-order chi connectivity index (χ1) is 19.5. The van der Waals surface area contributed by atoms with Gasteiger partial charge in [-0.05, 0) is 26.3 Å². The average Bonchev–Trinajstić information content (AvgIpc) is 3.31. The van der Waals surface area contributed by atoms with Gasteiger partial charge in [0.2, 0.25) is 12.1 Å². The maximum absolute atomic E-state index is 13.8. The van der Waals surface area contributed by atoms with Crippen LogP contribution < -0.4 is 15.0 Å². The lowest BCUT2D eigenvalue weighted by atomic mass is 9.80. The standard InChI is InChI=1S/C29H27F3N4O5/c1-16-21(15-41-35-16)23(17(2)37)19(11-12-29(30,31)32)27(38)34-26-28(39)36-13-14-40-22-10-6-9-20(25(22)36)24(33-26)18-7-4-3-5-8-18/h3-10,15,19,23,26H,11-14H2,1-2H3,(H,34,38)/t19-,23-,26-/m1/s1. The zero-order valence-corrected chi connectivity index (χ0v) is 22.3. The molecule has 2 aromatic carbocycles. The number of anilines is 1. The first kappa shape index (κ1) is 28.1. The first-order valence-electron chi connectivity index (χ1n) is 13.0. The van der Waals surface area contributed by atoms with Gasteiger partial charge in [0.1, 0.15) is 24.4 Å². The molecule has 0 radical (unpaired) electrons. The number of para-hydroxylation sites is 1. The highest BCUT2D eigenvalue weighted by molar-refractivity contribution is 6.21. The molecule has 0 aliphatic carbocycles. The molecule has 9 nitrogen and oxygen atoms in total. The fourth-order valence-electron chi connectivity index (χ4n) is 5.34. The fourth-order valence-corrected chi connectivity index (χ4v) is 5.34. The van der Waals surface area contributed by atoms with Crippen LogP contribution in [0.1, 0.15) is 48.1 Å². The predicted octanol–water partition coefficient (Wildman–Crippen LogP) is 4.33. The summed E-state index contributed by atoms with van der Waals surface area (Å²) in [5, 5.41) is 6.31. The van der Waals surface area contributed by atoms with Crippen molar-refractivity contribution in [1.82, 2.24) is 10.5 Å². The Morgan fingerprint density at radius 2 is 1.90 bits per heavy atom. The average molecular weight is 569 g/mol. The van der Waals surface area contributed by atoms with E-state index in [1.165, 1.54) is 18.7 Å². The van der Waals surface area contributed by atoms with Gasteiger partial charge in [0.05, 0.1) is 35.5 Å². The summed E-state index contributed by atoms with van der Waals surface area (Å²) in [6.07, 6.45) is -6.90. The summed E-state index contributed by atoms with van der Waals surface area (Å²) in [6, 6.07) is 14.3. The Bertz CT molecular complexity index is 1500. The maximum Gasteiger partial charge on any atom is 0.389 e. The van der Waals surface area contributed by atoms with Gasteiger partial charge in [-0.1, -0.05) is 47.6 Å². The first-order valence-corrected chi connectivity index (χ1v) is 13.0. The molecule has 0 saturated carbocycles. The molecule has 2 amide bonds. The molecule has 0 bridgehead atoms. The van der Waals surface area contributed by atoms with Gasteiger partial charge in [-0.25, -0.2) is 4.99 Å². The molecule has 12 heteroatoms. The third kappa shape index (κ3) is 5.72. The summed E-state index contributed by atoms with van der Waals surface area (Å²) in [5.74, 6) is -4.29. The number of Topliss-reactive ketones (excluding diaryl/α,β-unsaturated/α-hetero) is 1. The molecule has 41 heavy (non-hydrogen) atoms. The van der Waals surface area contributed by atoms with Crippen molar-refractivity contribution in [3.63, 3.8) is 0 Å². The number of alkyl halides is 3. The van der Waals surface area contributed by atoms with E-state index in [1.807, 2.05) is 6.07 Å². The number of nitrogens with one attached hydrogen (secondary N) is 1. The number of rotatable bonds is 8. The minimum atomic E-state index is -4.58. The molecule has 3 atom stereocenters. The normalized spacial score (nSPS) is 18.0. The number of carbonyl (C=O) groups excluding carboxylic acids is 3. The van der Waals surface area contributed by atoms with E-state index >= 15 is 0 Å². The van der Waals surface area contributed by atoms with Gasteiger partial charge in [-0.15, -0.1) is 0 Å². The van der Waals surface area contributed by atoms with Crippen molar-refractivity contribution >= 4 is 29.0 Å². The SMILES string of the molecule is CC(=O)[C@@H](c1conc1C)[C@@H](CCC(F)(F)F)C(=O)N[C@H]1N=C(c2ccccc2)c2cccc3c2N(CCO3)C1=O. The van der Waals surface area contributed by atoms with E-state index in [4.69, 9.17) is 9.26 Å². The molecule has 1 N–H and O–H groups in total. The number of aryl methyl sites for hydroxylation is 1. The smallest absolute Gasteiger partial charge is 0.389 e. The quantitative estimate of drug-likeness (QED) is 0.433. The number of benzene rings is 2. The number of hydrogen-bond donors (Lipinski definition) is 1. The summed E-state index contributed by atoms with van der Waals surface area (Å²) in [6.45, 7) is 3.11. The summed E-state index contributed by atoms with van der Waals surface area (Å²) >= 11 is 0. The zero-order chi connectivity index (χ0) is 29.3. The molecule has 0 fully saturated rings. The van der Waals surface area contributed by atoms with E-state index < -0.39 is 54.6 Å². The lowest BCUT2D eigenvalue weighted by Gasteiger charge is -2.31. The van der Waals surface area contributed by atoms with E-state index in [0.717, 1.165) is 6.26 Å². The molecular weight excluding hydrogens is 541 g/mol. The molecule has 2 aliphatic rings. The molecule has 2 aliphatic heterocycles. The van der Waals surface area contributed by atoms with E-state index in [1.54, 1.807) is 42.5 Å². The summed E-state index contributed by atoms with van der Waals surface area (Å²) < 4.78 is 50.7. The van der Waals surface area contributed by atoms with E-state index in [-0.39, 0.29) is 24.4 Å². The molecule has 0 spiro atoms. The Hall–Kier alpha value is -4.48. The Morgan fingerprint density at radius 1 is 1.15 bits per heavy atom. The number of halogens is 3. The second-order valence-corrected chi connectivity index (χ2v) is 9.95. The van der Waals surface area contributed by atoms with Gasteiger partial charge >= 0.3 is 6.18 Å². The number of ketones is 1. The van der Waals surface area contributed by atoms with Gasteiger partial charge in [0, 0.05) is 23.1 Å². The summed E-state index contributed by atoms with van der Waals surface area (Å²) in [5.41, 5.74) is 2.66. The van der Waals surface area contributed by atoms with Crippen molar-refractivity contribution in [3.05, 3.63) is 77.2 Å². The van der Waals surface area contributed by atoms with Crippen molar-refractivity contribution in [2.45, 2.75) is 44.9 Å². The van der Waals surface area contributed by atoms with Crippen LogP contribution in [0.15, 0.2) is 64.3 Å². The van der Waals surface area contributed by atoms with Crippen molar-refractivity contribution in [2.24, 2.45) is 10.9 Å². The minimum Gasteiger partial charge on any atom is -0.490 e. The van der Waals surface area contributed by atoms with Gasteiger partial charge in [0.25, 0.3) is 5.91 Å². The Labute approximate surface area is 233 Å². The Kier molecular flexibility index (Phi) is 7.65. The van der Waals surface area contributed by atoms with Crippen molar-refractivity contribution in [1.29, 1.82) is 0 Å². The third-order valence-electron chi connectivity index (χ3n) is 7.22. The molecule has 214 valence electrons. The lowest BCUT2D eigenvalue weighted by Crippen LogP contribution is -2.51. The largest absolute Gasteiger partial charge is 0.490 e. The molecule has 3 heterocycles. The number of aliphatic imine (C=N–C) groups is 1. The van der Waals surface area contributed by atoms with Gasteiger partial charge in [-0.3, -0.25) is 14.4 Å². The monoisotopic (exact) mass is 568 g/mol. The number of nitrogens with zero attached hydrogens (tertiary/aromatic N) is 3. The molecule has 0 saturated heterocycles. The van der Waals surface area contributed by atoms with Gasteiger partial charge in [-0.2, -0.15) is 13.2 Å². The van der Waals surface area contributed by atoms with Crippen LogP contribution in [-0.2, 0) is 14.4 Å². The highest BCUT2D eigenvalue weighted by atomic mass is 19.4. The molecule has 1 aromatic heterocycles. The van der Waals surface area contributed by atoms with Crippen LogP contribution in [0.3, 0.4) is 0 Å². The lowest BCUT2D eigenvalue weighted by molar-refractivity contribution is -0.144. The van der Waals surface area contributed by atoms with E-state index in [0.29, 0.717) is 28.3 Å². The molecular formula is C29H27F3N4O5. The van der Waals surface area contributed by atoms with Crippen molar-refractivity contribution < 1.29 is 36.8 Å². The second-order valence-electron chi connectivity index (χ2n) is 9.95. The van der Waals surface area contributed by atoms with Crippen LogP contribution >= 0.6 is 0 Å². The van der Waals surface area contributed by atoms with E-state index in [9.17, 15) is 27.6 Å². The number of ether oxygens (including phenoxy) is 1. The van der Waals surface area contributed by atoms with Crippen LogP contribution in [0.2, 0.25) is 0 Å². The highest BCUT2D eigenvalue weighted by Crippen LogP contribution is 2.39. The van der Waals surface area contributed by atoms with Crippen molar-refractivity contribution in [3.8, 4) is 5.75 Å². The van der Waals surface area contributed by atoms with Crippen LogP contribution in [0.4, 0.5) is 18.9 Å². The summed E-state index contributed by atoms with van der Waals surface area (Å²) in [4.78, 5) is 46.5. The second kappa shape index (κ2) is 11.2. The van der Waals surface area contributed by atoms with E-state index in [2.05, 4.69) is 15.5 Å². The van der Waals surface area contributed by atoms with Crippen LogP contribution in [0.25, 0.3) is 0 Å². The number of amides is 2.